The molecule has 2 aromatic carbocycles. The van der Waals surface area contributed by atoms with Gasteiger partial charge in [-0.1, -0.05) is 18.2 Å². The van der Waals surface area contributed by atoms with Crippen LogP contribution in [-0.4, -0.2) is 40.1 Å². The number of aromatic carboxylic acids is 1. The Hall–Kier alpha value is -4.23. The predicted molar refractivity (Wildman–Crippen MR) is 126 cm³/mol. The molecule has 35 heavy (non-hydrogen) atoms. The number of nitrogens with one attached hydrogen (secondary N) is 1. The molecule has 0 bridgehead atoms. The smallest absolute Gasteiger partial charge is 0.346 e. The Bertz CT molecular complexity index is 1900. The number of halogens is 1. The fraction of sp³-hybridized carbons (Fsp3) is 0.0455. The van der Waals surface area contributed by atoms with Gasteiger partial charge >= 0.3 is 11.7 Å². The number of hydrogen-bond donors (Lipinski definition) is 2. The molecule has 178 valence electrons. The number of aromatic amines is 1. The van der Waals surface area contributed by atoms with E-state index in [4.69, 9.17) is 4.74 Å². The van der Waals surface area contributed by atoms with E-state index in [9.17, 15) is 27.9 Å². The van der Waals surface area contributed by atoms with Gasteiger partial charge in [0.25, 0.3) is 15.6 Å². The molecule has 0 spiro atoms. The van der Waals surface area contributed by atoms with Crippen LogP contribution >= 0.6 is 11.3 Å². The van der Waals surface area contributed by atoms with Crippen LogP contribution < -0.4 is 16.0 Å². The summed E-state index contributed by atoms with van der Waals surface area (Å²) in [5.74, 6) is -2.88. The molecular weight excluding hydrogens is 501 g/mol. The molecule has 0 unspecified atom stereocenters. The number of thiophene rings is 1. The molecule has 0 amide bonds. The third kappa shape index (κ3) is 3.35. The summed E-state index contributed by atoms with van der Waals surface area (Å²) >= 11 is 0.719. The van der Waals surface area contributed by atoms with Crippen LogP contribution in [0.1, 0.15) is 9.67 Å². The van der Waals surface area contributed by atoms with Crippen LogP contribution in [0.5, 0.6) is 5.75 Å². The number of carboxylic acids is 1. The van der Waals surface area contributed by atoms with Crippen LogP contribution in [0, 0.1) is 5.82 Å². The zero-order valence-electron chi connectivity index (χ0n) is 17.7. The van der Waals surface area contributed by atoms with Crippen molar-refractivity contribution in [2.24, 2.45) is 0 Å². The average Bonchev–Trinajstić information content (AvgIpc) is 3.44. The number of nitrogens with zero attached hydrogens (tertiary/aromatic N) is 2. The third-order valence-electron chi connectivity index (χ3n) is 5.42. The predicted octanol–water partition coefficient (Wildman–Crippen LogP) is 2.78. The van der Waals surface area contributed by atoms with Crippen molar-refractivity contribution in [3.63, 3.8) is 0 Å². The Morgan fingerprint density at radius 1 is 1.17 bits per heavy atom. The van der Waals surface area contributed by atoms with E-state index in [1.54, 1.807) is 30.3 Å². The van der Waals surface area contributed by atoms with Gasteiger partial charge in [-0.05, 0) is 18.2 Å². The van der Waals surface area contributed by atoms with Gasteiger partial charge in [0.1, 0.15) is 15.5 Å². The quantitative estimate of drug-likeness (QED) is 0.367. The van der Waals surface area contributed by atoms with E-state index < -0.39 is 43.6 Å². The molecule has 10 nitrogen and oxygen atoms in total. The number of methoxy groups -OCH3 is 1. The summed E-state index contributed by atoms with van der Waals surface area (Å²) in [6, 6.07) is 9.82. The van der Waals surface area contributed by atoms with E-state index in [0.717, 1.165) is 34.6 Å². The van der Waals surface area contributed by atoms with E-state index in [2.05, 4.69) is 4.98 Å². The number of hydrogen-bond acceptors (Lipinski definition) is 7. The Balaban J connectivity index is 1.82. The Labute approximate surface area is 199 Å². The van der Waals surface area contributed by atoms with Crippen LogP contribution in [0.25, 0.3) is 27.5 Å². The number of H-pyrrole nitrogens is 1. The van der Waals surface area contributed by atoms with E-state index in [1.807, 2.05) is 0 Å². The van der Waals surface area contributed by atoms with Crippen molar-refractivity contribution in [1.29, 1.82) is 0 Å². The molecule has 3 heterocycles. The van der Waals surface area contributed by atoms with Crippen LogP contribution in [0.2, 0.25) is 0 Å². The van der Waals surface area contributed by atoms with Crippen molar-refractivity contribution in [3.8, 4) is 11.4 Å². The van der Waals surface area contributed by atoms with E-state index in [1.165, 1.54) is 11.6 Å². The molecule has 0 atom stereocenters. The van der Waals surface area contributed by atoms with Crippen molar-refractivity contribution in [1.82, 2.24) is 13.5 Å². The number of benzene rings is 2. The summed E-state index contributed by atoms with van der Waals surface area (Å²) in [6.07, 6.45) is 1.32. The topological polar surface area (TPSA) is 140 Å². The summed E-state index contributed by atoms with van der Waals surface area (Å²) in [5, 5.41) is 11.0. The molecule has 13 heteroatoms. The average molecular weight is 516 g/mol. The van der Waals surface area contributed by atoms with Crippen LogP contribution in [0.15, 0.2) is 68.5 Å². The first-order valence-electron chi connectivity index (χ1n) is 9.84. The Morgan fingerprint density at radius 2 is 1.91 bits per heavy atom. The molecule has 0 aliphatic heterocycles. The molecule has 0 saturated carbocycles. The minimum Gasteiger partial charge on any atom is -0.495 e. The number of fused-ring (bicyclic) bond motifs is 2. The lowest BCUT2D eigenvalue weighted by atomic mass is 10.2. The molecule has 0 saturated heterocycles. The minimum absolute atomic E-state index is 0.0285. The molecule has 2 N–H and O–H groups in total. The van der Waals surface area contributed by atoms with Gasteiger partial charge in [0.05, 0.1) is 29.2 Å². The van der Waals surface area contributed by atoms with Crippen molar-refractivity contribution in [2.75, 3.05) is 7.11 Å². The van der Waals surface area contributed by atoms with Gasteiger partial charge in [0.2, 0.25) is 0 Å². The van der Waals surface area contributed by atoms with Gasteiger partial charge < -0.3 is 14.8 Å². The number of rotatable bonds is 5. The first kappa shape index (κ1) is 22.6. The fourth-order valence-corrected chi connectivity index (χ4v) is 6.19. The van der Waals surface area contributed by atoms with Crippen molar-refractivity contribution in [2.45, 2.75) is 4.90 Å². The summed E-state index contributed by atoms with van der Waals surface area (Å²) in [7, 11) is -3.24. The van der Waals surface area contributed by atoms with Crippen molar-refractivity contribution >= 4 is 49.1 Å². The highest BCUT2D eigenvalue weighted by Gasteiger charge is 2.28. The number of ether oxygens (including phenoxy) is 1. The second-order valence-corrected chi connectivity index (χ2v) is 10.0. The molecule has 0 fully saturated rings. The molecule has 5 aromatic rings. The van der Waals surface area contributed by atoms with E-state index in [-0.39, 0.29) is 21.5 Å². The van der Waals surface area contributed by atoms with E-state index >= 15 is 4.39 Å². The zero-order chi connectivity index (χ0) is 25.1. The second kappa shape index (κ2) is 7.92. The number of para-hydroxylation sites is 1. The highest BCUT2D eigenvalue weighted by molar-refractivity contribution is 7.90. The maximum Gasteiger partial charge on any atom is 0.346 e. The lowest BCUT2D eigenvalue weighted by molar-refractivity contribution is 0.0704. The van der Waals surface area contributed by atoms with Crippen LogP contribution in [0.4, 0.5) is 4.39 Å². The Kier molecular flexibility index (Phi) is 5.11. The summed E-state index contributed by atoms with van der Waals surface area (Å²) in [6.45, 7) is 0. The van der Waals surface area contributed by atoms with Crippen LogP contribution in [0.3, 0.4) is 0 Å². The number of carbonyl (C=O) groups is 1. The van der Waals surface area contributed by atoms with Gasteiger partial charge in [0, 0.05) is 23.0 Å². The number of aromatic nitrogens is 3. The molecule has 0 aliphatic rings. The van der Waals surface area contributed by atoms with Crippen LogP contribution in [-0.2, 0) is 10.0 Å². The van der Waals surface area contributed by atoms with Gasteiger partial charge in [0.15, 0.2) is 5.82 Å². The standard InChI is InChI=1S/C22H14FN3O7S2/c1-33-16-8-12(23)15(26-20(27)18-13(24-22(26)30)10-34-19(18)21(28)29)9-17(16)35(31,32)25-7-6-11-4-2-3-5-14(11)25/h2-10H,1H3,(H,24,30)(H,28,29). The summed E-state index contributed by atoms with van der Waals surface area (Å²) < 4.78 is 48.7. The lowest BCUT2D eigenvalue weighted by Crippen LogP contribution is -2.34. The SMILES string of the molecule is COc1cc(F)c(-n2c(=O)[nH]c3csc(C(=O)O)c3c2=O)cc1S(=O)(=O)n1ccc2ccccc21. The summed E-state index contributed by atoms with van der Waals surface area (Å²) in [5.41, 5.74) is -2.55. The second-order valence-electron chi connectivity index (χ2n) is 7.36. The minimum atomic E-state index is -4.39. The van der Waals surface area contributed by atoms with E-state index in [0.29, 0.717) is 15.5 Å². The van der Waals surface area contributed by atoms with Gasteiger partial charge in [-0.25, -0.2) is 30.9 Å². The maximum atomic E-state index is 15.1. The van der Waals surface area contributed by atoms with Crippen molar-refractivity contribution in [3.05, 3.63) is 85.6 Å². The Morgan fingerprint density at radius 3 is 2.63 bits per heavy atom. The van der Waals surface area contributed by atoms with Crippen molar-refractivity contribution < 1.29 is 27.4 Å². The highest BCUT2D eigenvalue weighted by Crippen LogP contribution is 2.32. The molecule has 0 radical (unpaired) electrons. The van der Waals surface area contributed by atoms with Gasteiger partial charge in [-0.2, -0.15) is 0 Å². The molecule has 3 aromatic heterocycles. The van der Waals surface area contributed by atoms with Gasteiger partial charge in [-0.3, -0.25) is 4.79 Å². The highest BCUT2D eigenvalue weighted by atomic mass is 32.2. The normalized spacial score (nSPS) is 11.8. The molecule has 0 aliphatic carbocycles. The van der Waals surface area contributed by atoms with Gasteiger partial charge in [-0.15, -0.1) is 11.3 Å². The largest absolute Gasteiger partial charge is 0.495 e. The lowest BCUT2D eigenvalue weighted by Gasteiger charge is -2.15. The fourth-order valence-electron chi connectivity index (χ4n) is 3.84. The monoisotopic (exact) mass is 515 g/mol. The summed E-state index contributed by atoms with van der Waals surface area (Å²) in [4.78, 5) is 38.9. The zero-order valence-corrected chi connectivity index (χ0v) is 19.3. The number of carboxylic acid groups (broad SMARTS) is 1. The first-order valence-corrected chi connectivity index (χ1v) is 12.2. The molecular formula is C22H14FN3O7S2. The third-order valence-corrected chi connectivity index (χ3v) is 8.10. The first-order chi connectivity index (χ1) is 16.6. The molecule has 5 rings (SSSR count). The maximum absolute atomic E-state index is 15.1.